The molecule has 4 aliphatic carbocycles. The van der Waals surface area contributed by atoms with Crippen LogP contribution in [0.3, 0.4) is 0 Å². The fourth-order valence-corrected chi connectivity index (χ4v) is 6.49. The minimum Gasteiger partial charge on any atom is -0.508 e. The minimum absolute atomic E-state index is 0.0248. The number of phenols is 1. The maximum atomic E-state index is 13.2. The summed E-state index contributed by atoms with van der Waals surface area (Å²) in [7, 11) is 0. The Balaban J connectivity index is 1.57. The molecule has 0 aliphatic heterocycles. The summed E-state index contributed by atoms with van der Waals surface area (Å²) in [4.78, 5) is 25.4. The molecule has 152 valence electrons. The highest BCUT2D eigenvalue weighted by atomic mass is 35.5. The van der Waals surface area contributed by atoms with Gasteiger partial charge in [0.15, 0.2) is 0 Å². The Morgan fingerprint density at radius 3 is 2.62 bits per heavy atom. The van der Waals surface area contributed by atoms with E-state index < -0.39 is 23.0 Å². The van der Waals surface area contributed by atoms with Crippen LogP contribution < -0.4 is 10.9 Å². The quantitative estimate of drug-likeness (QED) is 0.705. The van der Waals surface area contributed by atoms with Crippen LogP contribution in [0.1, 0.15) is 32.1 Å². The predicted octanol–water partition coefficient (Wildman–Crippen LogP) is 3.58. The second-order valence-corrected chi connectivity index (χ2v) is 9.17. The highest BCUT2D eigenvalue weighted by Gasteiger charge is 2.61. The lowest BCUT2D eigenvalue weighted by molar-refractivity contribution is -0.168. The SMILES string of the molecule is O=C(O)[C@H]1C2C[C@@H]3C[C@H](C2)CC1(n1ncc(Nc2cccc(O)c2)c(Cl)c1=O)C3. The van der Waals surface area contributed by atoms with Gasteiger partial charge in [-0.15, -0.1) is 0 Å². The van der Waals surface area contributed by atoms with Crippen molar-refractivity contribution in [3.05, 3.63) is 45.8 Å². The Bertz CT molecular complexity index is 1040. The number of nitrogens with one attached hydrogen (secondary N) is 1. The molecule has 0 amide bonds. The third-order valence-electron chi connectivity index (χ3n) is 7.01. The number of hydrogen-bond acceptors (Lipinski definition) is 5. The highest BCUT2D eigenvalue weighted by Crippen LogP contribution is 2.61. The molecule has 4 bridgehead atoms. The van der Waals surface area contributed by atoms with Gasteiger partial charge in [-0.05, 0) is 62.0 Å². The summed E-state index contributed by atoms with van der Waals surface area (Å²) in [5.41, 5.74) is -0.366. The summed E-state index contributed by atoms with van der Waals surface area (Å²) >= 11 is 6.41. The molecular weight excluding hydrogens is 394 g/mol. The fraction of sp³-hybridized carbons (Fsp3) is 0.476. The highest BCUT2D eigenvalue weighted by molar-refractivity contribution is 6.33. The number of carboxylic acids is 1. The topological polar surface area (TPSA) is 104 Å². The van der Waals surface area contributed by atoms with Gasteiger partial charge in [-0.25, -0.2) is 4.68 Å². The number of aromatic nitrogens is 2. The first-order valence-electron chi connectivity index (χ1n) is 9.94. The van der Waals surface area contributed by atoms with Crippen molar-refractivity contribution in [1.29, 1.82) is 0 Å². The van der Waals surface area contributed by atoms with E-state index >= 15 is 0 Å². The molecule has 4 saturated carbocycles. The second kappa shape index (κ2) is 6.49. The molecule has 0 radical (unpaired) electrons. The first kappa shape index (κ1) is 18.5. The van der Waals surface area contributed by atoms with Gasteiger partial charge in [0, 0.05) is 11.8 Å². The zero-order valence-electron chi connectivity index (χ0n) is 15.7. The Hall–Kier alpha value is -2.54. The van der Waals surface area contributed by atoms with Gasteiger partial charge in [-0.3, -0.25) is 9.59 Å². The number of carbonyl (C=O) groups is 1. The summed E-state index contributed by atoms with van der Waals surface area (Å²) in [6.07, 6.45) is 5.78. The maximum absolute atomic E-state index is 13.2. The number of nitrogens with zero attached hydrogens (tertiary/aromatic N) is 2. The van der Waals surface area contributed by atoms with Crippen LogP contribution in [-0.2, 0) is 10.3 Å². The van der Waals surface area contributed by atoms with Crippen molar-refractivity contribution in [2.45, 2.75) is 37.6 Å². The molecule has 1 aromatic heterocycles. The molecule has 2 aromatic rings. The molecule has 2 unspecified atom stereocenters. The number of aliphatic carboxylic acids is 1. The summed E-state index contributed by atoms with van der Waals surface area (Å²) in [5.74, 6) is -0.384. The maximum Gasteiger partial charge on any atom is 0.309 e. The molecule has 5 atom stereocenters. The summed E-state index contributed by atoms with van der Waals surface area (Å²) in [6, 6.07) is 6.47. The number of benzene rings is 1. The lowest BCUT2D eigenvalue weighted by Gasteiger charge is -2.59. The summed E-state index contributed by atoms with van der Waals surface area (Å²) in [5, 5.41) is 27.0. The second-order valence-electron chi connectivity index (χ2n) is 8.79. The Morgan fingerprint density at radius 1 is 1.24 bits per heavy atom. The van der Waals surface area contributed by atoms with Gasteiger partial charge in [0.05, 0.1) is 23.3 Å². The van der Waals surface area contributed by atoms with E-state index in [9.17, 15) is 19.8 Å². The van der Waals surface area contributed by atoms with Crippen molar-refractivity contribution in [2.24, 2.45) is 23.7 Å². The molecule has 8 heteroatoms. The largest absolute Gasteiger partial charge is 0.508 e. The van der Waals surface area contributed by atoms with E-state index in [1.165, 1.54) is 16.9 Å². The number of rotatable bonds is 4. The molecule has 0 spiro atoms. The van der Waals surface area contributed by atoms with Crippen LogP contribution in [0, 0.1) is 23.7 Å². The van der Waals surface area contributed by atoms with Crippen molar-refractivity contribution in [3.8, 4) is 5.75 Å². The predicted molar refractivity (Wildman–Crippen MR) is 108 cm³/mol. The molecular formula is C21H22ClN3O4. The zero-order valence-corrected chi connectivity index (χ0v) is 16.5. The van der Waals surface area contributed by atoms with Crippen LogP contribution in [-0.4, -0.2) is 26.0 Å². The molecule has 1 aromatic carbocycles. The van der Waals surface area contributed by atoms with Gasteiger partial charge in [-0.1, -0.05) is 17.7 Å². The van der Waals surface area contributed by atoms with Crippen molar-refractivity contribution < 1.29 is 15.0 Å². The van der Waals surface area contributed by atoms with Gasteiger partial charge in [-0.2, -0.15) is 5.10 Å². The molecule has 0 saturated heterocycles. The van der Waals surface area contributed by atoms with E-state index in [1.807, 2.05) is 0 Å². The normalized spacial score (nSPS) is 32.3. The van der Waals surface area contributed by atoms with Crippen molar-refractivity contribution in [2.75, 3.05) is 5.32 Å². The van der Waals surface area contributed by atoms with Crippen LogP contribution in [0.2, 0.25) is 5.02 Å². The van der Waals surface area contributed by atoms with E-state index in [4.69, 9.17) is 11.6 Å². The number of halogens is 1. The van der Waals surface area contributed by atoms with Crippen molar-refractivity contribution in [3.63, 3.8) is 0 Å². The monoisotopic (exact) mass is 415 g/mol. The summed E-state index contributed by atoms with van der Waals surface area (Å²) in [6.45, 7) is 0. The van der Waals surface area contributed by atoms with E-state index in [2.05, 4.69) is 10.4 Å². The average Bonchev–Trinajstić information content (AvgIpc) is 2.64. The number of hydrogen-bond donors (Lipinski definition) is 3. The van der Waals surface area contributed by atoms with Gasteiger partial charge in [0.25, 0.3) is 5.56 Å². The van der Waals surface area contributed by atoms with Crippen molar-refractivity contribution in [1.82, 2.24) is 9.78 Å². The fourth-order valence-electron chi connectivity index (χ4n) is 6.31. The van der Waals surface area contributed by atoms with E-state index in [1.54, 1.807) is 18.2 Å². The van der Waals surface area contributed by atoms with E-state index in [-0.39, 0.29) is 16.7 Å². The molecule has 1 heterocycles. The zero-order chi connectivity index (χ0) is 20.3. The lowest BCUT2D eigenvalue weighted by atomic mass is 9.48. The molecule has 6 rings (SSSR count). The van der Waals surface area contributed by atoms with Crippen LogP contribution in [0.25, 0.3) is 0 Å². The van der Waals surface area contributed by atoms with Gasteiger partial charge >= 0.3 is 5.97 Å². The number of phenolic OH excluding ortho intramolecular Hbond substituents is 1. The Kier molecular flexibility index (Phi) is 4.13. The Labute approximate surface area is 172 Å². The van der Waals surface area contributed by atoms with Crippen molar-refractivity contribution >= 4 is 28.9 Å². The Morgan fingerprint density at radius 2 is 1.97 bits per heavy atom. The first-order valence-corrected chi connectivity index (χ1v) is 10.3. The first-order chi connectivity index (χ1) is 13.9. The van der Waals surface area contributed by atoms with Gasteiger partial charge in [0.2, 0.25) is 0 Å². The summed E-state index contributed by atoms with van der Waals surface area (Å²) < 4.78 is 1.37. The number of anilines is 2. The molecule has 7 nitrogen and oxygen atoms in total. The van der Waals surface area contributed by atoms with Crippen LogP contribution in [0.15, 0.2) is 35.3 Å². The molecule has 4 aliphatic rings. The van der Waals surface area contributed by atoms with Gasteiger partial charge < -0.3 is 15.5 Å². The minimum atomic E-state index is -0.847. The lowest BCUT2D eigenvalue weighted by Crippen LogP contribution is -2.63. The van der Waals surface area contributed by atoms with Gasteiger partial charge in [0.1, 0.15) is 10.8 Å². The smallest absolute Gasteiger partial charge is 0.309 e. The van der Waals surface area contributed by atoms with Crippen LogP contribution in [0.4, 0.5) is 11.4 Å². The number of aromatic hydroxyl groups is 1. The standard InChI is InChI=1S/C21H22ClN3O4/c22-18-16(24-14-2-1-3-15(26)7-14)10-23-25(19(18)27)21-8-11-4-12(9-21)6-13(5-11)17(21)20(28)29/h1-3,7,10-13,17,24,26H,4-6,8-9H2,(H,28,29)/t11-,12+,13?,17-,21?/m1/s1. The third-order valence-corrected chi connectivity index (χ3v) is 7.37. The van der Waals surface area contributed by atoms with E-state index in [0.717, 1.165) is 19.3 Å². The average molecular weight is 416 g/mol. The van der Waals surface area contributed by atoms with Crippen LogP contribution in [0.5, 0.6) is 5.75 Å². The third kappa shape index (κ3) is 2.82. The van der Waals surface area contributed by atoms with Crippen LogP contribution >= 0.6 is 11.6 Å². The molecule has 4 fully saturated rings. The molecule has 3 N–H and O–H groups in total. The number of carboxylic acid groups (broad SMARTS) is 1. The molecule has 29 heavy (non-hydrogen) atoms. The van der Waals surface area contributed by atoms with E-state index in [0.29, 0.717) is 36.1 Å².